The van der Waals surface area contributed by atoms with Gasteiger partial charge in [-0.15, -0.1) is 0 Å². The van der Waals surface area contributed by atoms with E-state index in [1.807, 2.05) is 32.0 Å². The van der Waals surface area contributed by atoms with Gasteiger partial charge in [-0.3, -0.25) is 14.0 Å². The second kappa shape index (κ2) is 5.06. The van der Waals surface area contributed by atoms with Gasteiger partial charge in [-0.1, -0.05) is 23.5 Å². The molecule has 0 saturated carbocycles. The SMILES string of the molecule is Cc1ccc(-c2nc3sc(C(N)=O)c(C)n3c2C=O)cc1C. The quantitative estimate of drug-likeness (QED) is 0.755. The molecule has 1 amide bonds. The van der Waals surface area contributed by atoms with Crippen molar-refractivity contribution in [2.75, 3.05) is 0 Å². The molecule has 112 valence electrons. The van der Waals surface area contributed by atoms with Gasteiger partial charge in [0.1, 0.15) is 16.3 Å². The minimum atomic E-state index is -0.502. The lowest BCUT2D eigenvalue weighted by Crippen LogP contribution is -2.11. The van der Waals surface area contributed by atoms with Gasteiger partial charge in [-0.25, -0.2) is 4.98 Å². The Morgan fingerprint density at radius 3 is 2.59 bits per heavy atom. The molecule has 1 aromatic carbocycles. The minimum absolute atomic E-state index is 0.428. The second-order valence-corrected chi connectivity index (χ2v) is 6.24. The molecule has 22 heavy (non-hydrogen) atoms. The lowest BCUT2D eigenvalue weighted by atomic mass is 10.0. The summed E-state index contributed by atoms with van der Waals surface area (Å²) >= 11 is 1.20. The molecule has 3 aromatic rings. The molecule has 0 aliphatic heterocycles. The van der Waals surface area contributed by atoms with E-state index in [0.29, 0.717) is 26.9 Å². The number of imidazole rings is 1. The number of fused-ring (bicyclic) bond motifs is 1. The molecular weight excluding hydrogens is 298 g/mol. The molecule has 6 heteroatoms. The van der Waals surface area contributed by atoms with E-state index < -0.39 is 5.91 Å². The van der Waals surface area contributed by atoms with Gasteiger partial charge in [-0.05, 0) is 38.0 Å². The van der Waals surface area contributed by atoms with Crippen LogP contribution in [0.15, 0.2) is 18.2 Å². The smallest absolute Gasteiger partial charge is 0.260 e. The first-order chi connectivity index (χ1) is 10.4. The maximum absolute atomic E-state index is 11.6. The summed E-state index contributed by atoms with van der Waals surface area (Å²) in [5.74, 6) is -0.502. The fourth-order valence-electron chi connectivity index (χ4n) is 2.51. The topological polar surface area (TPSA) is 77.5 Å². The van der Waals surface area contributed by atoms with Crippen LogP contribution in [0.3, 0.4) is 0 Å². The number of carbonyl (C=O) groups excluding carboxylic acids is 2. The highest BCUT2D eigenvalue weighted by Crippen LogP contribution is 2.30. The van der Waals surface area contributed by atoms with Gasteiger partial charge in [0.25, 0.3) is 5.91 Å². The van der Waals surface area contributed by atoms with Crippen LogP contribution in [0.4, 0.5) is 0 Å². The first kappa shape index (κ1) is 14.5. The Morgan fingerprint density at radius 2 is 2.00 bits per heavy atom. The Kier molecular flexibility index (Phi) is 3.33. The van der Waals surface area contributed by atoms with Crippen molar-refractivity contribution in [3.8, 4) is 11.3 Å². The predicted octanol–water partition coefficient (Wildman–Crippen LogP) is 2.90. The van der Waals surface area contributed by atoms with E-state index in [9.17, 15) is 9.59 Å². The molecule has 2 heterocycles. The fourth-order valence-corrected chi connectivity index (χ4v) is 3.50. The molecule has 0 aliphatic carbocycles. The van der Waals surface area contributed by atoms with E-state index in [4.69, 9.17) is 5.73 Å². The maximum Gasteiger partial charge on any atom is 0.260 e. The number of nitrogens with zero attached hydrogens (tertiary/aromatic N) is 2. The van der Waals surface area contributed by atoms with Crippen molar-refractivity contribution in [2.24, 2.45) is 5.73 Å². The number of amides is 1. The Morgan fingerprint density at radius 1 is 1.27 bits per heavy atom. The molecule has 0 fully saturated rings. The van der Waals surface area contributed by atoms with E-state index >= 15 is 0 Å². The summed E-state index contributed by atoms with van der Waals surface area (Å²) < 4.78 is 1.70. The van der Waals surface area contributed by atoms with Crippen molar-refractivity contribution < 1.29 is 9.59 Å². The third-order valence-corrected chi connectivity index (χ3v) is 5.01. The molecule has 0 spiro atoms. The van der Waals surface area contributed by atoms with Crippen LogP contribution >= 0.6 is 11.3 Å². The zero-order valence-electron chi connectivity index (χ0n) is 12.5. The summed E-state index contributed by atoms with van der Waals surface area (Å²) in [6.45, 7) is 5.82. The number of carbonyl (C=O) groups is 2. The van der Waals surface area contributed by atoms with Gasteiger partial charge in [-0.2, -0.15) is 0 Å². The number of aromatic nitrogens is 2. The first-order valence-corrected chi connectivity index (χ1v) is 7.60. The Balaban J connectivity index is 2.29. The van der Waals surface area contributed by atoms with Crippen LogP contribution in [-0.4, -0.2) is 21.6 Å². The van der Waals surface area contributed by atoms with Gasteiger partial charge in [0.2, 0.25) is 0 Å². The van der Waals surface area contributed by atoms with Crippen LogP contribution in [0.5, 0.6) is 0 Å². The fraction of sp³-hybridized carbons (Fsp3) is 0.188. The highest BCUT2D eigenvalue weighted by molar-refractivity contribution is 7.19. The van der Waals surface area contributed by atoms with E-state index in [1.54, 1.807) is 11.3 Å². The van der Waals surface area contributed by atoms with Crippen LogP contribution in [-0.2, 0) is 0 Å². The lowest BCUT2D eigenvalue weighted by molar-refractivity contribution is 0.100. The van der Waals surface area contributed by atoms with Gasteiger partial charge >= 0.3 is 0 Å². The summed E-state index contributed by atoms with van der Waals surface area (Å²) in [7, 11) is 0. The van der Waals surface area contributed by atoms with Crippen LogP contribution in [0.25, 0.3) is 16.2 Å². The zero-order chi connectivity index (χ0) is 16.0. The number of rotatable bonds is 3. The van der Waals surface area contributed by atoms with Gasteiger partial charge in [0.15, 0.2) is 11.2 Å². The lowest BCUT2D eigenvalue weighted by Gasteiger charge is -2.04. The van der Waals surface area contributed by atoms with Crippen LogP contribution in [0.1, 0.15) is 37.0 Å². The normalized spacial score (nSPS) is 11.0. The number of primary amides is 1. The van der Waals surface area contributed by atoms with E-state index in [2.05, 4.69) is 4.98 Å². The van der Waals surface area contributed by atoms with Crippen LogP contribution < -0.4 is 5.73 Å². The summed E-state index contributed by atoms with van der Waals surface area (Å²) in [5.41, 5.74) is 10.3. The molecule has 2 aromatic heterocycles. The number of hydrogen-bond donors (Lipinski definition) is 1. The van der Waals surface area contributed by atoms with Crippen molar-refractivity contribution in [2.45, 2.75) is 20.8 Å². The molecule has 0 aliphatic rings. The van der Waals surface area contributed by atoms with E-state index in [-0.39, 0.29) is 0 Å². The number of nitrogens with two attached hydrogens (primary N) is 1. The molecular formula is C16H15N3O2S. The number of aldehydes is 1. The predicted molar refractivity (Wildman–Crippen MR) is 86.6 cm³/mol. The number of thiazole rings is 1. The van der Waals surface area contributed by atoms with Crippen molar-refractivity contribution in [1.82, 2.24) is 9.38 Å². The molecule has 0 saturated heterocycles. The summed E-state index contributed by atoms with van der Waals surface area (Å²) in [5, 5.41) is 0. The highest BCUT2D eigenvalue weighted by Gasteiger charge is 2.21. The van der Waals surface area contributed by atoms with Gasteiger partial charge in [0.05, 0.1) is 0 Å². The third-order valence-electron chi connectivity index (χ3n) is 3.86. The summed E-state index contributed by atoms with van der Waals surface area (Å²) in [4.78, 5) is 28.6. The van der Waals surface area contributed by atoms with E-state index in [1.165, 1.54) is 16.9 Å². The van der Waals surface area contributed by atoms with Gasteiger partial charge in [0, 0.05) is 11.3 Å². The largest absolute Gasteiger partial charge is 0.365 e. The maximum atomic E-state index is 11.6. The van der Waals surface area contributed by atoms with Crippen molar-refractivity contribution in [1.29, 1.82) is 0 Å². The third kappa shape index (κ3) is 2.03. The molecule has 0 radical (unpaired) electrons. The monoisotopic (exact) mass is 313 g/mol. The van der Waals surface area contributed by atoms with Crippen LogP contribution in [0.2, 0.25) is 0 Å². The Labute approximate surface area is 131 Å². The molecule has 0 unspecified atom stereocenters. The standard InChI is InChI=1S/C16H15N3O2S/c1-8-4-5-11(6-9(8)2)13-12(7-20)19-10(3)14(15(17)21)22-16(19)18-13/h4-7H,1-3H3,(H2,17,21). The number of benzene rings is 1. The molecule has 2 N–H and O–H groups in total. The van der Waals surface area contributed by atoms with Crippen molar-refractivity contribution in [3.05, 3.63) is 45.6 Å². The average molecular weight is 313 g/mol. The van der Waals surface area contributed by atoms with Crippen LogP contribution in [0, 0.1) is 20.8 Å². The summed E-state index contributed by atoms with van der Waals surface area (Å²) in [6.07, 6.45) is 0.773. The van der Waals surface area contributed by atoms with Gasteiger partial charge < -0.3 is 5.73 Å². The van der Waals surface area contributed by atoms with Crippen molar-refractivity contribution in [3.63, 3.8) is 0 Å². The highest BCUT2D eigenvalue weighted by atomic mass is 32.1. The Bertz CT molecular complexity index is 921. The number of aryl methyl sites for hydroxylation is 3. The average Bonchev–Trinajstić information content (AvgIpc) is 2.99. The second-order valence-electron chi connectivity index (χ2n) is 5.26. The number of hydrogen-bond acceptors (Lipinski definition) is 4. The zero-order valence-corrected chi connectivity index (χ0v) is 13.3. The molecule has 5 nitrogen and oxygen atoms in total. The van der Waals surface area contributed by atoms with E-state index in [0.717, 1.165) is 17.4 Å². The molecule has 3 rings (SSSR count). The first-order valence-electron chi connectivity index (χ1n) is 6.78. The Hall–Kier alpha value is -2.47. The minimum Gasteiger partial charge on any atom is -0.365 e. The molecule has 0 atom stereocenters. The van der Waals surface area contributed by atoms with Crippen molar-refractivity contribution >= 4 is 28.5 Å². The summed E-state index contributed by atoms with van der Waals surface area (Å²) in [6, 6.07) is 5.97. The molecule has 0 bridgehead atoms.